The average molecular weight is 280 g/mol. The third kappa shape index (κ3) is 3.14. The molecule has 0 aliphatic carbocycles. The normalized spacial score (nSPS) is 10.8. The molecule has 106 valence electrons. The predicted molar refractivity (Wildman–Crippen MR) is 71.2 cm³/mol. The van der Waals surface area contributed by atoms with Crippen molar-refractivity contribution in [3.63, 3.8) is 0 Å². The molecule has 1 aromatic heterocycles. The van der Waals surface area contributed by atoms with Crippen LogP contribution in [0.1, 0.15) is 16.1 Å². The van der Waals surface area contributed by atoms with E-state index in [-0.39, 0.29) is 11.4 Å². The lowest BCUT2D eigenvalue weighted by Crippen LogP contribution is -2.19. The van der Waals surface area contributed by atoms with E-state index in [2.05, 4.69) is 5.32 Å². The zero-order chi connectivity index (χ0) is 14.7. The number of rotatable bonds is 4. The number of hydrogen-bond acceptors (Lipinski definition) is 2. The van der Waals surface area contributed by atoms with Crippen LogP contribution in [0.3, 0.4) is 0 Å². The monoisotopic (exact) mass is 280 g/mol. The minimum absolute atomic E-state index is 0.0987. The first-order chi connectivity index (χ1) is 9.47. The molecule has 2 aromatic rings. The van der Waals surface area contributed by atoms with Crippen LogP contribution in [0, 0.1) is 6.92 Å². The Kier molecular flexibility index (Phi) is 4.02. The van der Waals surface area contributed by atoms with E-state index in [0.29, 0.717) is 11.3 Å². The highest BCUT2D eigenvalue weighted by Crippen LogP contribution is 2.21. The molecule has 1 aromatic carbocycles. The van der Waals surface area contributed by atoms with Gasteiger partial charge in [-0.1, -0.05) is 0 Å². The predicted octanol–water partition coefficient (Wildman–Crippen LogP) is 3.02. The van der Waals surface area contributed by atoms with E-state index >= 15 is 0 Å². The molecule has 1 amide bonds. The van der Waals surface area contributed by atoms with Crippen molar-refractivity contribution in [2.24, 2.45) is 0 Å². The molecule has 0 saturated carbocycles. The van der Waals surface area contributed by atoms with Gasteiger partial charge in [-0.15, -0.1) is 0 Å². The Balaban J connectivity index is 2.18. The SMILES string of the molecule is Cc1cc(O)ccc1NC(=O)c1cccn1CC(F)F. The molecule has 20 heavy (non-hydrogen) atoms. The highest BCUT2D eigenvalue weighted by molar-refractivity contribution is 6.03. The Labute approximate surface area is 114 Å². The summed E-state index contributed by atoms with van der Waals surface area (Å²) in [6.07, 6.45) is -1.09. The fourth-order valence-electron chi connectivity index (χ4n) is 1.90. The van der Waals surface area contributed by atoms with Gasteiger partial charge in [0.25, 0.3) is 12.3 Å². The van der Waals surface area contributed by atoms with Gasteiger partial charge in [0.2, 0.25) is 0 Å². The van der Waals surface area contributed by atoms with Gasteiger partial charge in [-0.05, 0) is 42.8 Å². The lowest BCUT2D eigenvalue weighted by molar-refractivity contribution is 0.0997. The minimum atomic E-state index is -2.52. The molecule has 0 saturated heterocycles. The number of benzene rings is 1. The van der Waals surface area contributed by atoms with Crippen LogP contribution in [-0.4, -0.2) is 22.0 Å². The number of nitrogens with one attached hydrogen (secondary N) is 1. The number of phenolic OH excluding ortho intramolecular Hbond substituents is 1. The van der Waals surface area contributed by atoms with Gasteiger partial charge in [-0.2, -0.15) is 0 Å². The smallest absolute Gasteiger partial charge is 0.272 e. The maximum Gasteiger partial charge on any atom is 0.272 e. The molecule has 1 heterocycles. The van der Waals surface area contributed by atoms with Gasteiger partial charge in [-0.25, -0.2) is 8.78 Å². The molecule has 0 bridgehead atoms. The first-order valence-corrected chi connectivity index (χ1v) is 6.01. The van der Waals surface area contributed by atoms with Gasteiger partial charge < -0.3 is 15.0 Å². The highest BCUT2D eigenvalue weighted by atomic mass is 19.3. The van der Waals surface area contributed by atoms with Crippen LogP contribution in [0.5, 0.6) is 5.75 Å². The number of phenols is 1. The van der Waals surface area contributed by atoms with Crippen molar-refractivity contribution in [1.29, 1.82) is 0 Å². The summed E-state index contributed by atoms with van der Waals surface area (Å²) in [5, 5.41) is 11.9. The minimum Gasteiger partial charge on any atom is -0.508 e. The second-order valence-electron chi connectivity index (χ2n) is 4.39. The van der Waals surface area contributed by atoms with E-state index in [0.717, 1.165) is 0 Å². The van der Waals surface area contributed by atoms with Crippen LogP contribution in [0.4, 0.5) is 14.5 Å². The maximum absolute atomic E-state index is 12.4. The molecule has 0 aliphatic rings. The van der Waals surface area contributed by atoms with Crippen molar-refractivity contribution in [2.45, 2.75) is 19.9 Å². The number of carbonyl (C=O) groups excluding carboxylic acids is 1. The van der Waals surface area contributed by atoms with Crippen LogP contribution in [0.25, 0.3) is 0 Å². The standard InChI is InChI=1S/C14H14F2N2O2/c1-9-7-10(19)4-5-11(9)17-14(20)12-3-2-6-18(12)8-13(15)16/h2-7,13,19H,8H2,1H3,(H,17,20). The molecule has 0 spiro atoms. The molecule has 2 rings (SSSR count). The zero-order valence-corrected chi connectivity index (χ0v) is 10.8. The summed E-state index contributed by atoms with van der Waals surface area (Å²) in [7, 11) is 0. The lowest BCUT2D eigenvalue weighted by Gasteiger charge is -2.11. The summed E-state index contributed by atoms with van der Waals surface area (Å²) in [4.78, 5) is 12.1. The Morgan fingerprint density at radius 2 is 2.15 bits per heavy atom. The second-order valence-corrected chi connectivity index (χ2v) is 4.39. The van der Waals surface area contributed by atoms with E-state index < -0.39 is 18.9 Å². The number of amides is 1. The van der Waals surface area contributed by atoms with Gasteiger partial charge in [0.1, 0.15) is 11.4 Å². The first-order valence-electron chi connectivity index (χ1n) is 6.01. The largest absolute Gasteiger partial charge is 0.508 e. The number of aromatic hydroxyl groups is 1. The van der Waals surface area contributed by atoms with Gasteiger partial charge >= 0.3 is 0 Å². The molecule has 0 fully saturated rings. The van der Waals surface area contributed by atoms with Crippen molar-refractivity contribution >= 4 is 11.6 Å². The summed E-state index contributed by atoms with van der Waals surface area (Å²) in [5.41, 5.74) is 1.38. The second kappa shape index (κ2) is 5.73. The zero-order valence-electron chi connectivity index (χ0n) is 10.8. The molecule has 6 heteroatoms. The highest BCUT2D eigenvalue weighted by Gasteiger charge is 2.14. The summed E-state index contributed by atoms with van der Waals surface area (Å²) in [5.74, 6) is -0.369. The molecule has 0 aliphatic heterocycles. The van der Waals surface area contributed by atoms with Crippen molar-refractivity contribution in [3.8, 4) is 5.75 Å². The number of carbonyl (C=O) groups is 1. The number of aryl methyl sites for hydroxylation is 1. The fraction of sp³-hybridized carbons (Fsp3) is 0.214. The lowest BCUT2D eigenvalue weighted by atomic mass is 10.2. The first kappa shape index (κ1) is 14.0. The summed E-state index contributed by atoms with van der Waals surface area (Å²) >= 11 is 0. The number of nitrogens with zero attached hydrogens (tertiary/aromatic N) is 1. The third-order valence-corrected chi connectivity index (χ3v) is 2.86. The number of anilines is 1. The van der Waals surface area contributed by atoms with Crippen LogP contribution in [0.2, 0.25) is 0 Å². The number of hydrogen-bond donors (Lipinski definition) is 2. The van der Waals surface area contributed by atoms with Crippen molar-refractivity contribution < 1.29 is 18.7 Å². The van der Waals surface area contributed by atoms with Crippen molar-refractivity contribution in [1.82, 2.24) is 4.57 Å². The fourth-order valence-corrected chi connectivity index (χ4v) is 1.90. The van der Waals surface area contributed by atoms with Crippen LogP contribution in [0.15, 0.2) is 36.5 Å². The molecule has 0 radical (unpaired) electrons. The van der Waals surface area contributed by atoms with Crippen LogP contribution >= 0.6 is 0 Å². The van der Waals surface area contributed by atoms with Crippen molar-refractivity contribution in [2.75, 3.05) is 5.32 Å². The van der Waals surface area contributed by atoms with Gasteiger partial charge in [0.15, 0.2) is 0 Å². The molecule has 4 nitrogen and oxygen atoms in total. The number of aromatic nitrogens is 1. The number of alkyl halides is 2. The topological polar surface area (TPSA) is 54.3 Å². The van der Waals surface area contributed by atoms with E-state index in [1.165, 1.54) is 29.0 Å². The quantitative estimate of drug-likeness (QED) is 0.846. The van der Waals surface area contributed by atoms with E-state index in [1.54, 1.807) is 19.1 Å². The summed E-state index contributed by atoms with van der Waals surface area (Å²) < 4.78 is 26.0. The van der Waals surface area contributed by atoms with E-state index in [4.69, 9.17) is 0 Å². The van der Waals surface area contributed by atoms with Crippen molar-refractivity contribution in [3.05, 3.63) is 47.8 Å². The summed E-state index contributed by atoms with van der Waals surface area (Å²) in [6.45, 7) is 1.21. The maximum atomic E-state index is 12.4. The molecule has 0 unspecified atom stereocenters. The molecule has 2 N–H and O–H groups in total. The average Bonchev–Trinajstić information content (AvgIpc) is 2.80. The van der Waals surface area contributed by atoms with Gasteiger partial charge in [0.05, 0.1) is 6.54 Å². The molecular formula is C14H14F2N2O2. The number of halogens is 2. The Bertz CT molecular complexity index is 623. The van der Waals surface area contributed by atoms with Gasteiger partial charge in [-0.3, -0.25) is 4.79 Å². The Morgan fingerprint density at radius 1 is 1.40 bits per heavy atom. The summed E-state index contributed by atoms with van der Waals surface area (Å²) in [6, 6.07) is 7.53. The van der Waals surface area contributed by atoms with E-state index in [9.17, 15) is 18.7 Å². The molecular weight excluding hydrogens is 266 g/mol. The molecule has 0 atom stereocenters. The van der Waals surface area contributed by atoms with Crippen LogP contribution in [-0.2, 0) is 6.54 Å². The van der Waals surface area contributed by atoms with Gasteiger partial charge in [0, 0.05) is 11.9 Å². The van der Waals surface area contributed by atoms with E-state index in [1.807, 2.05) is 0 Å². The third-order valence-electron chi connectivity index (χ3n) is 2.86. The Morgan fingerprint density at radius 3 is 2.80 bits per heavy atom. The van der Waals surface area contributed by atoms with Crippen LogP contribution < -0.4 is 5.32 Å². The Hall–Kier alpha value is -2.37.